The molecule has 2 N–H and O–H groups in total. The fourth-order valence-corrected chi connectivity index (χ4v) is 2.26. The Labute approximate surface area is 110 Å². The Balaban J connectivity index is 2.82. The van der Waals surface area contributed by atoms with Gasteiger partial charge in [0.15, 0.2) is 0 Å². The third-order valence-electron chi connectivity index (χ3n) is 4.27. The number of rotatable bonds is 6. The van der Waals surface area contributed by atoms with Gasteiger partial charge in [-0.3, -0.25) is 4.90 Å². The summed E-state index contributed by atoms with van der Waals surface area (Å²) >= 11 is 0. The Hall–Kier alpha value is -0.930. The summed E-state index contributed by atoms with van der Waals surface area (Å²) < 4.78 is 13.2. The third kappa shape index (κ3) is 3.30. The molecule has 1 aromatic rings. The maximum Gasteiger partial charge on any atom is 0.123 e. The molecule has 0 aliphatic rings. The van der Waals surface area contributed by atoms with Crippen LogP contribution in [0.15, 0.2) is 24.3 Å². The van der Waals surface area contributed by atoms with E-state index in [2.05, 4.69) is 32.7 Å². The van der Waals surface area contributed by atoms with Crippen molar-refractivity contribution in [1.82, 2.24) is 4.90 Å². The highest BCUT2D eigenvalue weighted by atomic mass is 19.1. The Morgan fingerprint density at radius 3 is 2.61 bits per heavy atom. The number of nitrogens with zero attached hydrogens (tertiary/aromatic N) is 1. The molecule has 1 aromatic carbocycles. The van der Waals surface area contributed by atoms with Gasteiger partial charge >= 0.3 is 0 Å². The molecule has 2 unspecified atom stereocenters. The minimum atomic E-state index is -0.182. The van der Waals surface area contributed by atoms with Crippen LogP contribution in [0.3, 0.4) is 0 Å². The van der Waals surface area contributed by atoms with Gasteiger partial charge in [0.05, 0.1) is 0 Å². The second-order valence-corrected chi connectivity index (χ2v) is 5.36. The van der Waals surface area contributed by atoms with E-state index < -0.39 is 0 Å². The van der Waals surface area contributed by atoms with Crippen molar-refractivity contribution in [2.24, 2.45) is 11.7 Å². The largest absolute Gasteiger partial charge is 0.329 e. The van der Waals surface area contributed by atoms with E-state index in [4.69, 9.17) is 5.73 Å². The fraction of sp³-hybridized carbons (Fsp3) is 0.600. The van der Waals surface area contributed by atoms with Crippen LogP contribution in [0.1, 0.15) is 32.8 Å². The van der Waals surface area contributed by atoms with Gasteiger partial charge in [0.25, 0.3) is 0 Å². The lowest BCUT2D eigenvalue weighted by Crippen LogP contribution is -2.53. The summed E-state index contributed by atoms with van der Waals surface area (Å²) in [6.07, 6.45) is 1.08. The molecule has 0 aliphatic carbocycles. The van der Waals surface area contributed by atoms with Crippen molar-refractivity contribution in [3.05, 3.63) is 35.6 Å². The number of likely N-dealkylation sites (N-methyl/N-ethyl adjacent to an activating group) is 1. The van der Waals surface area contributed by atoms with Crippen LogP contribution >= 0.6 is 0 Å². The van der Waals surface area contributed by atoms with Crippen LogP contribution in [0.4, 0.5) is 4.39 Å². The van der Waals surface area contributed by atoms with Gasteiger partial charge in [0.1, 0.15) is 5.82 Å². The van der Waals surface area contributed by atoms with E-state index in [-0.39, 0.29) is 11.4 Å². The normalized spacial score (nSPS) is 16.6. The molecule has 102 valence electrons. The molecule has 0 heterocycles. The van der Waals surface area contributed by atoms with Crippen LogP contribution in [0.2, 0.25) is 0 Å². The Bertz CT molecular complexity index is 381. The summed E-state index contributed by atoms with van der Waals surface area (Å²) in [4.78, 5) is 2.23. The molecule has 0 spiro atoms. The van der Waals surface area contributed by atoms with Gasteiger partial charge in [0.2, 0.25) is 0 Å². The van der Waals surface area contributed by atoms with Crippen molar-refractivity contribution in [2.45, 2.75) is 39.3 Å². The predicted molar refractivity (Wildman–Crippen MR) is 74.8 cm³/mol. The van der Waals surface area contributed by atoms with Crippen molar-refractivity contribution in [1.29, 1.82) is 0 Å². The van der Waals surface area contributed by atoms with Crippen LogP contribution in [-0.4, -0.2) is 24.0 Å². The van der Waals surface area contributed by atoms with Gasteiger partial charge in [-0.2, -0.15) is 0 Å². The maximum absolute atomic E-state index is 13.2. The molecule has 0 amide bonds. The van der Waals surface area contributed by atoms with E-state index in [0.717, 1.165) is 18.5 Å². The second kappa shape index (κ2) is 6.30. The molecule has 0 radical (unpaired) electrons. The standard InChI is InChI=1S/C15H25FN2/c1-5-12(2)15(3,11-17)18(4)10-13-7-6-8-14(16)9-13/h6-9,12H,5,10-11,17H2,1-4H3. The SMILES string of the molecule is CCC(C)C(C)(CN)N(C)Cc1cccc(F)c1. The molecule has 2 atom stereocenters. The molecule has 0 aromatic heterocycles. The van der Waals surface area contributed by atoms with Crippen LogP contribution in [-0.2, 0) is 6.54 Å². The quantitative estimate of drug-likeness (QED) is 0.843. The third-order valence-corrected chi connectivity index (χ3v) is 4.27. The highest BCUT2D eigenvalue weighted by Crippen LogP contribution is 2.26. The Kier molecular flexibility index (Phi) is 5.29. The van der Waals surface area contributed by atoms with Gasteiger partial charge < -0.3 is 5.73 Å². The number of hydrogen-bond acceptors (Lipinski definition) is 2. The van der Waals surface area contributed by atoms with Gasteiger partial charge in [0, 0.05) is 18.6 Å². The van der Waals surface area contributed by atoms with Crippen LogP contribution in [0.25, 0.3) is 0 Å². The zero-order valence-corrected chi connectivity index (χ0v) is 11.9. The number of nitrogens with two attached hydrogens (primary N) is 1. The summed E-state index contributed by atoms with van der Waals surface area (Å²) in [5, 5.41) is 0. The molecule has 0 saturated heterocycles. The summed E-state index contributed by atoms with van der Waals surface area (Å²) in [5.74, 6) is 0.319. The summed E-state index contributed by atoms with van der Waals surface area (Å²) in [5.41, 5.74) is 6.88. The molecule has 0 aliphatic heterocycles. The molecular weight excluding hydrogens is 227 g/mol. The first-order chi connectivity index (χ1) is 8.43. The van der Waals surface area contributed by atoms with E-state index in [1.165, 1.54) is 6.07 Å². The molecule has 0 bridgehead atoms. The van der Waals surface area contributed by atoms with E-state index in [9.17, 15) is 4.39 Å². The molecular formula is C15H25FN2. The first kappa shape index (κ1) is 15.1. The first-order valence-corrected chi connectivity index (χ1v) is 6.59. The zero-order valence-electron chi connectivity index (χ0n) is 11.9. The summed E-state index contributed by atoms with van der Waals surface area (Å²) in [6.45, 7) is 7.90. The maximum atomic E-state index is 13.2. The molecule has 0 fully saturated rings. The number of halogens is 1. The van der Waals surface area contributed by atoms with E-state index in [0.29, 0.717) is 12.5 Å². The number of hydrogen-bond donors (Lipinski definition) is 1. The van der Waals surface area contributed by atoms with Crippen molar-refractivity contribution in [3.63, 3.8) is 0 Å². The zero-order chi connectivity index (χ0) is 13.8. The lowest BCUT2D eigenvalue weighted by Gasteiger charge is -2.42. The molecule has 2 nitrogen and oxygen atoms in total. The highest BCUT2D eigenvalue weighted by molar-refractivity contribution is 5.16. The number of benzene rings is 1. The Morgan fingerprint density at radius 2 is 2.11 bits per heavy atom. The van der Waals surface area contributed by atoms with Crippen molar-refractivity contribution in [3.8, 4) is 0 Å². The minimum Gasteiger partial charge on any atom is -0.329 e. The van der Waals surface area contributed by atoms with Crippen LogP contribution in [0, 0.1) is 11.7 Å². The molecule has 18 heavy (non-hydrogen) atoms. The smallest absolute Gasteiger partial charge is 0.123 e. The fourth-order valence-electron chi connectivity index (χ4n) is 2.26. The van der Waals surface area contributed by atoms with Crippen LogP contribution in [0.5, 0.6) is 0 Å². The minimum absolute atomic E-state index is 0.0545. The average molecular weight is 252 g/mol. The Morgan fingerprint density at radius 1 is 1.44 bits per heavy atom. The highest BCUT2D eigenvalue weighted by Gasteiger charge is 2.32. The van der Waals surface area contributed by atoms with Gasteiger partial charge in [-0.05, 0) is 37.6 Å². The van der Waals surface area contributed by atoms with E-state index >= 15 is 0 Å². The van der Waals surface area contributed by atoms with Crippen molar-refractivity contribution in [2.75, 3.05) is 13.6 Å². The van der Waals surface area contributed by atoms with Gasteiger partial charge in [-0.25, -0.2) is 4.39 Å². The second-order valence-electron chi connectivity index (χ2n) is 5.36. The first-order valence-electron chi connectivity index (χ1n) is 6.59. The van der Waals surface area contributed by atoms with E-state index in [1.807, 2.05) is 6.07 Å². The lowest BCUT2D eigenvalue weighted by molar-refractivity contribution is 0.0775. The molecule has 3 heteroatoms. The predicted octanol–water partition coefficient (Wildman–Crippen LogP) is 3.02. The summed E-state index contributed by atoms with van der Waals surface area (Å²) in [7, 11) is 2.06. The molecule has 1 rings (SSSR count). The van der Waals surface area contributed by atoms with Crippen molar-refractivity contribution < 1.29 is 4.39 Å². The molecule has 0 saturated carbocycles. The van der Waals surface area contributed by atoms with Gasteiger partial charge in [-0.15, -0.1) is 0 Å². The topological polar surface area (TPSA) is 29.3 Å². The summed E-state index contributed by atoms with van der Waals surface area (Å²) in [6, 6.07) is 6.76. The lowest BCUT2D eigenvalue weighted by atomic mass is 9.83. The van der Waals surface area contributed by atoms with E-state index in [1.54, 1.807) is 12.1 Å². The monoisotopic (exact) mass is 252 g/mol. The van der Waals surface area contributed by atoms with Crippen LogP contribution < -0.4 is 5.73 Å². The van der Waals surface area contributed by atoms with Crippen molar-refractivity contribution >= 4 is 0 Å². The van der Waals surface area contributed by atoms with Gasteiger partial charge in [-0.1, -0.05) is 32.4 Å². The average Bonchev–Trinajstić information content (AvgIpc) is 2.36.